The van der Waals surface area contributed by atoms with E-state index in [1.54, 1.807) is 12.1 Å². The molecule has 0 radical (unpaired) electrons. The SMILES string of the molecule is [N-]=[N+]=NCCc1c[nH]c2cccc(O)c12. The number of rotatable bonds is 3. The third-order valence-electron chi connectivity index (χ3n) is 2.31. The van der Waals surface area contributed by atoms with Crippen molar-refractivity contribution in [3.8, 4) is 5.75 Å². The van der Waals surface area contributed by atoms with Gasteiger partial charge in [-0.25, -0.2) is 0 Å². The minimum atomic E-state index is 0.254. The third kappa shape index (κ3) is 1.73. The summed E-state index contributed by atoms with van der Waals surface area (Å²) in [6.07, 6.45) is 2.46. The number of H-pyrrole nitrogens is 1. The first-order chi connectivity index (χ1) is 7.33. The number of phenolic OH excluding ortho intramolecular Hbond substituents is 1. The summed E-state index contributed by atoms with van der Waals surface area (Å²) in [6.45, 7) is 0.401. The first-order valence-corrected chi connectivity index (χ1v) is 4.61. The van der Waals surface area contributed by atoms with Gasteiger partial charge >= 0.3 is 0 Å². The van der Waals surface area contributed by atoms with Gasteiger partial charge in [-0.15, -0.1) is 0 Å². The molecule has 0 atom stereocenters. The summed E-state index contributed by atoms with van der Waals surface area (Å²) >= 11 is 0. The van der Waals surface area contributed by atoms with E-state index in [0.29, 0.717) is 13.0 Å². The van der Waals surface area contributed by atoms with Gasteiger partial charge in [-0.2, -0.15) is 0 Å². The summed E-state index contributed by atoms with van der Waals surface area (Å²) in [7, 11) is 0. The molecule has 5 heteroatoms. The molecule has 0 fully saturated rings. The molecule has 0 aliphatic rings. The number of hydrogen-bond acceptors (Lipinski definition) is 2. The molecule has 2 rings (SSSR count). The molecule has 1 heterocycles. The van der Waals surface area contributed by atoms with Crippen molar-refractivity contribution in [1.29, 1.82) is 0 Å². The molecule has 0 aliphatic carbocycles. The Labute approximate surface area is 86.0 Å². The van der Waals surface area contributed by atoms with Crippen molar-refractivity contribution in [2.75, 3.05) is 6.54 Å². The normalized spacial score (nSPS) is 10.1. The zero-order chi connectivity index (χ0) is 10.7. The zero-order valence-corrected chi connectivity index (χ0v) is 8.01. The maximum atomic E-state index is 9.67. The highest BCUT2D eigenvalue weighted by molar-refractivity contribution is 5.88. The van der Waals surface area contributed by atoms with Crippen LogP contribution in [0.3, 0.4) is 0 Å². The second kappa shape index (κ2) is 3.94. The van der Waals surface area contributed by atoms with Crippen molar-refractivity contribution in [3.05, 3.63) is 40.4 Å². The lowest BCUT2D eigenvalue weighted by atomic mass is 10.1. The van der Waals surface area contributed by atoms with Gasteiger partial charge in [-0.3, -0.25) is 0 Å². The third-order valence-corrected chi connectivity index (χ3v) is 2.31. The number of nitrogens with zero attached hydrogens (tertiary/aromatic N) is 3. The molecule has 1 aromatic carbocycles. The number of azide groups is 1. The van der Waals surface area contributed by atoms with Crippen LogP contribution in [0.2, 0.25) is 0 Å². The number of aromatic hydroxyl groups is 1. The first kappa shape index (κ1) is 9.43. The van der Waals surface area contributed by atoms with Crippen LogP contribution in [0, 0.1) is 0 Å². The first-order valence-electron chi connectivity index (χ1n) is 4.61. The molecule has 76 valence electrons. The highest BCUT2D eigenvalue weighted by Crippen LogP contribution is 2.27. The second-order valence-electron chi connectivity index (χ2n) is 3.22. The van der Waals surface area contributed by atoms with Crippen molar-refractivity contribution in [2.24, 2.45) is 5.11 Å². The predicted molar refractivity (Wildman–Crippen MR) is 57.7 cm³/mol. The van der Waals surface area contributed by atoms with Crippen LogP contribution < -0.4 is 0 Å². The fraction of sp³-hybridized carbons (Fsp3) is 0.200. The predicted octanol–water partition coefficient (Wildman–Crippen LogP) is 2.73. The number of phenols is 1. The van der Waals surface area contributed by atoms with Crippen molar-refractivity contribution in [3.63, 3.8) is 0 Å². The minimum absolute atomic E-state index is 0.254. The molecule has 2 N–H and O–H groups in total. The molecule has 0 unspecified atom stereocenters. The van der Waals surface area contributed by atoms with Gasteiger partial charge in [0.2, 0.25) is 0 Å². The summed E-state index contributed by atoms with van der Waals surface area (Å²) in [5.74, 6) is 0.254. The Hall–Kier alpha value is -2.13. The number of hydrogen-bond donors (Lipinski definition) is 2. The average molecular weight is 202 g/mol. The molecule has 1 aromatic heterocycles. The highest BCUT2D eigenvalue weighted by atomic mass is 16.3. The standard InChI is InChI=1S/C10H10N4O/c11-14-13-5-4-7-6-12-8-2-1-3-9(15)10(7)8/h1-3,6,12,15H,4-5H2. The number of aromatic amines is 1. The fourth-order valence-corrected chi connectivity index (χ4v) is 1.65. The lowest BCUT2D eigenvalue weighted by Gasteiger charge is -1.98. The van der Waals surface area contributed by atoms with Gasteiger partial charge in [-0.1, -0.05) is 11.2 Å². The van der Waals surface area contributed by atoms with Gasteiger partial charge < -0.3 is 10.1 Å². The van der Waals surface area contributed by atoms with E-state index >= 15 is 0 Å². The zero-order valence-electron chi connectivity index (χ0n) is 8.01. The van der Waals surface area contributed by atoms with E-state index in [-0.39, 0.29) is 5.75 Å². The number of aromatic nitrogens is 1. The van der Waals surface area contributed by atoms with Crippen LogP contribution in [0.5, 0.6) is 5.75 Å². The van der Waals surface area contributed by atoms with E-state index in [0.717, 1.165) is 16.5 Å². The summed E-state index contributed by atoms with van der Waals surface area (Å²) in [5.41, 5.74) is 10.0. The Morgan fingerprint density at radius 3 is 3.13 bits per heavy atom. The van der Waals surface area contributed by atoms with E-state index in [2.05, 4.69) is 15.0 Å². The van der Waals surface area contributed by atoms with Crippen LogP contribution in [0.4, 0.5) is 0 Å². The van der Waals surface area contributed by atoms with Crippen molar-refractivity contribution in [1.82, 2.24) is 4.98 Å². The topological polar surface area (TPSA) is 84.8 Å². The smallest absolute Gasteiger partial charge is 0.125 e. The summed E-state index contributed by atoms with van der Waals surface area (Å²) < 4.78 is 0. The molecule has 15 heavy (non-hydrogen) atoms. The van der Waals surface area contributed by atoms with Gasteiger partial charge in [-0.05, 0) is 29.6 Å². The van der Waals surface area contributed by atoms with Gasteiger partial charge in [0.25, 0.3) is 0 Å². The summed E-state index contributed by atoms with van der Waals surface area (Å²) in [4.78, 5) is 5.75. The monoisotopic (exact) mass is 202 g/mol. The van der Waals surface area contributed by atoms with Crippen molar-refractivity contribution in [2.45, 2.75) is 6.42 Å². The maximum absolute atomic E-state index is 9.67. The molecule has 0 bridgehead atoms. The lowest BCUT2D eigenvalue weighted by Crippen LogP contribution is -1.86. The maximum Gasteiger partial charge on any atom is 0.125 e. The Morgan fingerprint density at radius 1 is 1.47 bits per heavy atom. The van der Waals surface area contributed by atoms with Crippen LogP contribution >= 0.6 is 0 Å². The van der Waals surface area contributed by atoms with Crippen LogP contribution in [0.25, 0.3) is 21.3 Å². The summed E-state index contributed by atoms with van der Waals surface area (Å²) in [5, 5.41) is 14.0. The Bertz CT molecular complexity index is 525. The Balaban J connectivity index is 2.39. The summed E-state index contributed by atoms with van der Waals surface area (Å²) in [6, 6.07) is 5.32. The van der Waals surface area contributed by atoms with E-state index < -0.39 is 0 Å². The number of benzene rings is 1. The van der Waals surface area contributed by atoms with Crippen LogP contribution in [-0.4, -0.2) is 16.6 Å². The Kier molecular flexibility index (Phi) is 2.48. The minimum Gasteiger partial charge on any atom is -0.507 e. The number of fused-ring (bicyclic) bond motifs is 1. The number of nitrogens with one attached hydrogen (secondary N) is 1. The fourth-order valence-electron chi connectivity index (χ4n) is 1.65. The van der Waals surface area contributed by atoms with Crippen LogP contribution in [-0.2, 0) is 6.42 Å². The molecule has 0 spiro atoms. The highest BCUT2D eigenvalue weighted by Gasteiger charge is 2.06. The van der Waals surface area contributed by atoms with Crippen LogP contribution in [0.1, 0.15) is 5.56 Å². The molecule has 0 amide bonds. The van der Waals surface area contributed by atoms with Crippen molar-refractivity contribution >= 4 is 10.9 Å². The molecule has 2 aromatic rings. The largest absolute Gasteiger partial charge is 0.507 e. The Morgan fingerprint density at radius 2 is 2.33 bits per heavy atom. The van der Waals surface area contributed by atoms with Crippen LogP contribution in [0.15, 0.2) is 29.5 Å². The second-order valence-corrected chi connectivity index (χ2v) is 3.22. The van der Waals surface area contributed by atoms with Gasteiger partial charge in [0.15, 0.2) is 0 Å². The van der Waals surface area contributed by atoms with Gasteiger partial charge in [0.1, 0.15) is 5.75 Å². The molecular formula is C10H10N4O. The molecule has 5 nitrogen and oxygen atoms in total. The van der Waals surface area contributed by atoms with E-state index in [4.69, 9.17) is 5.53 Å². The van der Waals surface area contributed by atoms with E-state index in [1.807, 2.05) is 12.3 Å². The molecule has 0 aliphatic heterocycles. The molecule has 0 saturated carbocycles. The lowest BCUT2D eigenvalue weighted by molar-refractivity contribution is 0.481. The quantitative estimate of drug-likeness (QED) is 0.447. The molecule has 0 saturated heterocycles. The van der Waals surface area contributed by atoms with E-state index in [1.165, 1.54) is 0 Å². The van der Waals surface area contributed by atoms with Gasteiger partial charge in [0.05, 0.1) is 0 Å². The average Bonchev–Trinajstić information content (AvgIpc) is 2.63. The van der Waals surface area contributed by atoms with E-state index in [9.17, 15) is 5.11 Å². The molecular weight excluding hydrogens is 192 g/mol. The van der Waals surface area contributed by atoms with Crippen molar-refractivity contribution < 1.29 is 5.11 Å². The van der Waals surface area contributed by atoms with Gasteiger partial charge in [0, 0.05) is 28.6 Å².